The van der Waals surface area contributed by atoms with Gasteiger partial charge in [0.2, 0.25) is 0 Å². The normalized spacial score (nSPS) is 19.4. The number of halogens is 2. The van der Waals surface area contributed by atoms with Crippen molar-refractivity contribution in [2.45, 2.75) is 64.4 Å². The molecule has 9 heteroatoms. The van der Waals surface area contributed by atoms with Crippen LogP contribution in [0.15, 0.2) is 30.5 Å². The third-order valence-corrected chi connectivity index (χ3v) is 5.88. The molecule has 4 rings (SSSR count). The van der Waals surface area contributed by atoms with Crippen LogP contribution < -0.4 is 15.5 Å². The van der Waals surface area contributed by atoms with Crippen LogP contribution in [-0.4, -0.2) is 35.3 Å². The van der Waals surface area contributed by atoms with E-state index in [4.69, 9.17) is 14.0 Å². The van der Waals surface area contributed by atoms with Gasteiger partial charge in [-0.1, -0.05) is 6.07 Å². The SMILES string of the molecule is CC1(C)OB(c2ccc(F)c(C(=O)NCc3cnc(OC4CC4)c(F)c3)c2)OC1(C)C. The Hall–Kier alpha value is -2.52. The van der Waals surface area contributed by atoms with Crippen LogP contribution in [-0.2, 0) is 15.9 Å². The molecule has 0 spiro atoms. The van der Waals surface area contributed by atoms with Crippen LogP contribution in [0.1, 0.15) is 56.5 Å². The predicted molar refractivity (Wildman–Crippen MR) is 111 cm³/mol. The Morgan fingerprint density at radius 1 is 1.16 bits per heavy atom. The summed E-state index contributed by atoms with van der Waals surface area (Å²) in [6.45, 7) is 7.65. The van der Waals surface area contributed by atoms with E-state index < -0.39 is 35.9 Å². The first-order chi connectivity index (χ1) is 14.6. The van der Waals surface area contributed by atoms with E-state index in [1.165, 1.54) is 30.5 Å². The minimum atomic E-state index is -0.713. The monoisotopic (exact) mass is 430 g/mol. The van der Waals surface area contributed by atoms with Crippen LogP contribution in [0.4, 0.5) is 8.78 Å². The molecule has 0 bridgehead atoms. The highest BCUT2D eigenvalue weighted by molar-refractivity contribution is 6.62. The lowest BCUT2D eigenvalue weighted by Gasteiger charge is -2.32. The summed E-state index contributed by atoms with van der Waals surface area (Å²) in [5, 5.41) is 2.60. The summed E-state index contributed by atoms with van der Waals surface area (Å²) in [5.74, 6) is -1.93. The van der Waals surface area contributed by atoms with Crippen molar-refractivity contribution in [3.63, 3.8) is 0 Å². The smallest absolute Gasteiger partial charge is 0.472 e. The van der Waals surface area contributed by atoms with Crippen LogP contribution >= 0.6 is 0 Å². The van der Waals surface area contributed by atoms with E-state index >= 15 is 0 Å². The van der Waals surface area contributed by atoms with E-state index in [2.05, 4.69) is 10.3 Å². The van der Waals surface area contributed by atoms with Crippen LogP contribution in [0.2, 0.25) is 0 Å². The molecule has 164 valence electrons. The molecule has 1 aliphatic heterocycles. The minimum absolute atomic E-state index is 0.00732. The van der Waals surface area contributed by atoms with Gasteiger partial charge in [-0.25, -0.2) is 13.8 Å². The first kappa shape index (κ1) is 21.7. The van der Waals surface area contributed by atoms with Gasteiger partial charge in [-0.3, -0.25) is 4.79 Å². The van der Waals surface area contributed by atoms with Crippen LogP contribution in [0, 0.1) is 11.6 Å². The zero-order valence-corrected chi connectivity index (χ0v) is 18.0. The first-order valence-corrected chi connectivity index (χ1v) is 10.3. The molecule has 1 amide bonds. The second-order valence-electron chi connectivity index (χ2n) is 8.96. The van der Waals surface area contributed by atoms with Crippen molar-refractivity contribution in [2.24, 2.45) is 0 Å². The molecule has 1 saturated heterocycles. The lowest BCUT2D eigenvalue weighted by Crippen LogP contribution is -2.41. The zero-order chi connectivity index (χ0) is 22.4. The predicted octanol–water partition coefficient (Wildman–Crippen LogP) is 3.13. The lowest BCUT2D eigenvalue weighted by atomic mass is 9.78. The van der Waals surface area contributed by atoms with Gasteiger partial charge in [0, 0.05) is 12.7 Å². The fraction of sp³-hybridized carbons (Fsp3) is 0.455. The van der Waals surface area contributed by atoms with Crippen molar-refractivity contribution in [1.29, 1.82) is 0 Å². The van der Waals surface area contributed by atoms with Crippen LogP contribution in [0.25, 0.3) is 0 Å². The Morgan fingerprint density at radius 2 is 1.84 bits per heavy atom. The van der Waals surface area contributed by atoms with Gasteiger partial charge in [-0.05, 0) is 69.8 Å². The van der Waals surface area contributed by atoms with E-state index in [9.17, 15) is 13.6 Å². The second kappa shape index (κ2) is 7.87. The second-order valence-corrected chi connectivity index (χ2v) is 8.96. The molecule has 31 heavy (non-hydrogen) atoms. The Balaban J connectivity index is 1.44. The third-order valence-electron chi connectivity index (χ3n) is 5.88. The molecular formula is C22H25BF2N2O4. The summed E-state index contributed by atoms with van der Waals surface area (Å²) < 4.78 is 45.8. The van der Waals surface area contributed by atoms with Crippen molar-refractivity contribution >= 4 is 18.5 Å². The number of rotatable bonds is 6. The lowest BCUT2D eigenvalue weighted by molar-refractivity contribution is 0.00578. The van der Waals surface area contributed by atoms with E-state index in [0.717, 1.165) is 12.8 Å². The number of carbonyl (C=O) groups is 1. The molecule has 0 unspecified atom stereocenters. The molecule has 1 N–H and O–H groups in total. The number of hydrogen-bond acceptors (Lipinski definition) is 5. The number of hydrogen-bond donors (Lipinski definition) is 1. The van der Waals surface area contributed by atoms with Gasteiger partial charge in [0.25, 0.3) is 11.8 Å². The molecule has 1 aliphatic carbocycles. The number of ether oxygens (including phenoxy) is 1. The van der Waals surface area contributed by atoms with E-state index in [1.807, 2.05) is 27.7 Å². The van der Waals surface area contributed by atoms with Gasteiger partial charge in [-0.15, -0.1) is 0 Å². The van der Waals surface area contributed by atoms with Crippen LogP contribution in [0.3, 0.4) is 0 Å². The number of nitrogens with zero attached hydrogens (tertiary/aromatic N) is 1. The number of aromatic nitrogens is 1. The molecular weight excluding hydrogens is 405 g/mol. The summed E-state index contributed by atoms with van der Waals surface area (Å²) >= 11 is 0. The quantitative estimate of drug-likeness (QED) is 0.714. The van der Waals surface area contributed by atoms with Crippen molar-refractivity contribution in [2.75, 3.05) is 0 Å². The maximum absolute atomic E-state index is 14.3. The summed E-state index contributed by atoms with van der Waals surface area (Å²) in [7, 11) is -0.713. The summed E-state index contributed by atoms with van der Waals surface area (Å²) in [6.07, 6.45) is 3.26. The third kappa shape index (κ3) is 4.57. The Labute approximate surface area is 180 Å². The van der Waals surface area contributed by atoms with Crippen molar-refractivity contribution in [3.8, 4) is 5.88 Å². The highest BCUT2D eigenvalue weighted by Gasteiger charge is 2.51. The van der Waals surface area contributed by atoms with E-state index in [1.54, 1.807) is 0 Å². The Kier molecular flexibility index (Phi) is 5.51. The molecule has 2 aromatic rings. The number of pyridine rings is 1. The summed E-state index contributed by atoms with van der Waals surface area (Å²) in [5.41, 5.74) is -0.271. The first-order valence-electron chi connectivity index (χ1n) is 10.3. The molecule has 1 saturated carbocycles. The largest absolute Gasteiger partial charge is 0.494 e. The van der Waals surface area contributed by atoms with Crippen molar-refractivity contribution in [3.05, 3.63) is 53.2 Å². The van der Waals surface area contributed by atoms with Crippen molar-refractivity contribution < 1.29 is 27.6 Å². The molecule has 2 aliphatic rings. The van der Waals surface area contributed by atoms with Gasteiger partial charge in [-0.2, -0.15) is 0 Å². The highest BCUT2D eigenvalue weighted by atomic mass is 19.1. The average molecular weight is 430 g/mol. The Bertz CT molecular complexity index is 995. The fourth-order valence-corrected chi connectivity index (χ4v) is 3.11. The Morgan fingerprint density at radius 3 is 2.45 bits per heavy atom. The average Bonchev–Trinajstić information content (AvgIpc) is 3.48. The highest BCUT2D eigenvalue weighted by Crippen LogP contribution is 2.36. The number of benzene rings is 1. The topological polar surface area (TPSA) is 69.7 Å². The van der Waals surface area contributed by atoms with Crippen LogP contribution in [0.5, 0.6) is 5.88 Å². The molecule has 0 radical (unpaired) electrons. The molecule has 1 aromatic carbocycles. The van der Waals surface area contributed by atoms with Crippen molar-refractivity contribution in [1.82, 2.24) is 10.3 Å². The fourth-order valence-electron chi connectivity index (χ4n) is 3.11. The molecule has 6 nitrogen and oxygen atoms in total. The molecule has 0 atom stereocenters. The van der Waals surface area contributed by atoms with Gasteiger partial charge in [0.15, 0.2) is 5.82 Å². The zero-order valence-electron chi connectivity index (χ0n) is 18.0. The molecule has 2 heterocycles. The minimum Gasteiger partial charge on any atom is -0.472 e. The molecule has 1 aromatic heterocycles. The van der Waals surface area contributed by atoms with Gasteiger partial charge >= 0.3 is 7.12 Å². The summed E-state index contributed by atoms with van der Waals surface area (Å²) in [6, 6.07) is 5.41. The number of nitrogens with one attached hydrogen (secondary N) is 1. The van der Waals surface area contributed by atoms with E-state index in [-0.39, 0.29) is 24.1 Å². The maximum atomic E-state index is 14.3. The van der Waals surface area contributed by atoms with E-state index in [0.29, 0.717) is 11.0 Å². The number of carbonyl (C=O) groups excluding carboxylic acids is 1. The van der Waals surface area contributed by atoms with Gasteiger partial charge in [0.05, 0.1) is 16.8 Å². The molecule has 2 fully saturated rings. The standard InChI is InChI=1S/C22H25BF2N2O4/c1-21(2)22(3,4)31-23(30-21)14-5-8-17(24)16(10-14)19(28)26-11-13-9-18(25)20(27-12-13)29-15-6-7-15/h5,8-10,12,15H,6-7,11H2,1-4H3,(H,26,28). The van der Waals surface area contributed by atoms with Gasteiger partial charge in [0.1, 0.15) is 11.9 Å². The maximum Gasteiger partial charge on any atom is 0.494 e. The summed E-state index contributed by atoms with van der Waals surface area (Å²) in [4.78, 5) is 16.6. The number of amides is 1. The van der Waals surface area contributed by atoms with Gasteiger partial charge < -0.3 is 19.4 Å².